The molecular formula is C18H16BrFN4OS. The lowest BCUT2D eigenvalue weighted by Crippen LogP contribution is -2.17. The van der Waals surface area contributed by atoms with Crippen LogP contribution < -0.4 is 5.32 Å². The van der Waals surface area contributed by atoms with Gasteiger partial charge >= 0.3 is 0 Å². The SMILES string of the molecule is CN(Cc1ccc(Br)cc1)Cc1nnc(C(=O)Nc2ccc(F)cc2)s1. The Morgan fingerprint density at radius 3 is 2.50 bits per heavy atom. The first-order chi connectivity index (χ1) is 12.5. The first kappa shape index (κ1) is 18.6. The maximum absolute atomic E-state index is 12.9. The van der Waals surface area contributed by atoms with E-state index in [1.165, 1.54) is 41.2 Å². The minimum Gasteiger partial charge on any atom is -0.320 e. The smallest absolute Gasteiger partial charge is 0.286 e. The summed E-state index contributed by atoms with van der Waals surface area (Å²) < 4.78 is 14.0. The predicted molar refractivity (Wildman–Crippen MR) is 104 cm³/mol. The highest BCUT2D eigenvalue weighted by molar-refractivity contribution is 9.10. The van der Waals surface area contributed by atoms with E-state index in [0.717, 1.165) is 16.0 Å². The zero-order chi connectivity index (χ0) is 18.5. The molecule has 0 aliphatic heterocycles. The number of hydrogen-bond acceptors (Lipinski definition) is 5. The van der Waals surface area contributed by atoms with Gasteiger partial charge in [0.15, 0.2) is 0 Å². The van der Waals surface area contributed by atoms with Gasteiger partial charge in [0.2, 0.25) is 5.01 Å². The third-order valence-corrected chi connectivity index (χ3v) is 4.97. The summed E-state index contributed by atoms with van der Waals surface area (Å²) in [5.41, 5.74) is 1.70. The minimum absolute atomic E-state index is 0.279. The monoisotopic (exact) mass is 434 g/mol. The van der Waals surface area contributed by atoms with Crippen LogP contribution in [0.15, 0.2) is 53.0 Å². The number of nitrogens with one attached hydrogen (secondary N) is 1. The quantitative estimate of drug-likeness (QED) is 0.627. The largest absolute Gasteiger partial charge is 0.320 e. The molecule has 0 bridgehead atoms. The lowest BCUT2D eigenvalue weighted by Gasteiger charge is -2.14. The lowest BCUT2D eigenvalue weighted by atomic mass is 10.2. The topological polar surface area (TPSA) is 58.1 Å². The number of benzene rings is 2. The molecule has 26 heavy (non-hydrogen) atoms. The van der Waals surface area contributed by atoms with E-state index in [9.17, 15) is 9.18 Å². The van der Waals surface area contributed by atoms with Crippen molar-refractivity contribution in [2.45, 2.75) is 13.1 Å². The molecule has 0 saturated heterocycles. The standard InChI is InChI=1S/C18H16BrFN4OS/c1-24(10-12-2-4-13(19)5-3-12)11-16-22-23-18(26-16)17(25)21-15-8-6-14(20)7-9-15/h2-9H,10-11H2,1H3,(H,21,25). The Morgan fingerprint density at radius 2 is 1.81 bits per heavy atom. The van der Waals surface area contributed by atoms with E-state index in [4.69, 9.17) is 0 Å². The fraction of sp³-hybridized carbons (Fsp3) is 0.167. The van der Waals surface area contributed by atoms with E-state index in [-0.39, 0.29) is 16.7 Å². The number of rotatable bonds is 6. The summed E-state index contributed by atoms with van der Waals surface area (Å²) in [5.74, 6) is -0.703. The molecule has 3 aromatic rings. The van der Waals surface area contributed by atoms with Crippen LogP contribution in [0.4, 0.5) is 10.1 Å². The van der Waals surface area contributed by atoms with Gasteiger partial charge in [-0.2, -0.15) is 0 Å². The zero-order valence-corrected chi connectivity index (χ0v) is 16.3. The maximum atomic E-state index is 12.9. The lowest BCUT2D eigenvalue weighted by molar-refractivity contribution is 0.102. The predicted octanol–water partition coefficient (Wildman–Crippen LogP) is 4.32. The fourth-order valence-electron chi connectivity index (χ4n) is 2.32. The molecule has 134 valence electrons. The average Bonchev–Trinajstić information content (AvgIpc) is 3.07. The number of nitrogens with zero attached hydrogens (tertiary/aromatic N) is 3. The van der Waals surface area contributed by atoms with Crippen LogP contribution in [0.2, 0.25) is 0 Å². The van der Waals surface area contributed by atoms with Crippen molar-refractivity contribution in [2.24, 2.45) is 0 Å². The fourth-order valence-corrected chi connectivity index (χ4v) is 3.39. The third kappa shape index (κ3) is 5.17. The highest BCUT2D eigenvalue weighted by Crippen LogP contribution is 2.17. The Bertz CT molecular complexity index is 883. The van der Waals surface area contributed by atoms with Crippen molar-refractivity contribution in [1.29, 1.82) is 0 Å². The first-order valence-corrected chi connectivity index (χ1v) is 9.43. The van der Waals surface area contributed by atoms with Crippen LogP contribution in [0.25, 0.3) is 0 Å². The molecule has 2 aromatic carbocycles. The van der Waals surface area contributed by atoms with E-state index < -0.39 is 0 Å². The van der Waals surface area contributed by atoms with Gasteiger partial charge in [0.25, 0.3) is 5.91 Å². The Kier molecular flexibility index (Phi) is 6.08. The molecule has 0 aliphatic rings. The Morgan fingerprint density at radius 1 is 1.12 bits per heavy atom. The van der Waals surface area contributed by atoms with E-state index in [2.05, 4.69) is 48.5 Å². The summed E-state index contributed by atoms with van der Waals surface area (Å²) >= 11 is 4.67. The minimum atomic E-state index is -0.352. The van der Waals surface area contributed by atoms with Crippen molar-refractivity contribution in [3.8, 4) is 0 Å². The molecule has 0 fully saturated rings. The molecule has 0 aliphatic carbocycles. The van der Waals surface area contributed by atoms with Crippen LogP contribution >= 0.6 is 27.3 Å². The average molecular weight is 435 g/mol. The second kappa shape index (κ2) is 8.48. The third-order valence-electron chi connectivity index (χ3n) is 3.53. The molecule has 0 saturated carbocycles. The number of aromatic nitrogens is 2. The van der Waals surface area contributed by atoms with Crippen molar-refractivity contribution in [3.05, 3.63) is 74.4 Å². The van der Waals surface area contributed by atoms with E-state index >= 15 is 0 Å². The van der Waals surface area contributed by atoms with Gasteiger partial charge in [-0.05, 0) is 49.0 Å². The maximum Gasteiger partial charge on any atom is 0.286 e. The molecule has 1 aromatic heterocycles. The molecule has 5 nitrogen and oxygen atoms in total. The summed E-state index contributed by atoms with van der Waals surface area (Å²) in [4.78, 5) is 14.3. The summed E-state index contributed by atoms with van der Waals surface area (Å²) in [5, 5.41) is 11.8. The number of carbonyl (C=O) groups is 1. The van der Waals surface area contributed by atoms with Crippen LogP contribution in [0.5, 0.6) is 0 Å². The van der Waals surface area contributed by atoms with Gasteiger partial charge < -0.3 is 5.32 Å². The highest BCUT2D eigenvalue weighted by atomic mass is 79.9. The van der Waals surface area contributed by atoms with Gasteiger partial charge in [0, 0.05) is 16.7 Å². The number of halogens is 2. The molecule has 8 heteroatoms. The van der Waals surface area contributed by atoms with E-state index in [1.54, 1.807) is 0 Å². The molecule has 1 amide bonds. The normalized spacial score (nSPS) is 10.9. The highest BCUT2D eigenvalue weighted by Gasteiger charge is 2.14. The molecule has 0 unspecified atom stereocenters. The van der Waals surface area contributed by atoms with Crippen molar-refractivity contribution in [3.63, 3.8) is 0 Å². The Hall–Kier alpha value is -2.16. The van der Waals surface area contributed by atoms with Crippen molar-refractivity contribution < 1.29 is 9.18 Å². The molecule has 0 atom stereocenters. The van der Waals surface area contributed by atoms with Gasteiger partial charge in [0.1, 0.15) is 10.8 Å². The molecule has 0 radical (unpaired) electrons. The Labute approximate surface area is 163 Å². The van der Waals surface area contributed by atoms with Gasteiger partial charge in [-0.1, -0.05) is 39.4 Å². The summed E-state index contributed by atoms with van der Waals surface area (Å²) in [6.45, 7) is 1.36. The number of carbonyl (C=O) groups excluding carboxylic acids is 1. The molecule has 0 spiro atoms. The van der Waals surface area contributed by atoms with E-state index in [0.29, 0.717) is 12.2 Å². The number of anilines is 1. The summed E-state index contributed by atoms with van der Waals surface area (Å²) in [6.07, 6.45) is 0. The zero-order valence-electron chi connectivity index (χ0n) is 13.9. The van der Waals surface area contributed by atoms with Crippen LogP contribution in [0.3, 0.4) is 0 Å². The Balaban J connectivity index is 1.57. The second-order valence-electron chi connectivity index (χ2n) is 5.76. The summed E-state index contributed by atoms with van der Waals surface area (Å²) in [6, 6.07) is 13.7. The number of hydrogen-bond donors (Lipinski definition) is 1. The molecule has 3 rings (SSSR count). The van der Waals surface area contributed by atoms with Crippen LogP contribution in [0, 0.1) is 5.82 Å². The van der Waals surface area contributed by atoms with Gasteiger partial charge in [-0.15, -0.1) is 10.2 Å². The van der Waals surface area contributed by atoms with Crippen molar-refractivity contribution in [1.82, 2.24) is 15.1 Å². The van der Waals surface area contributed by atoms with Gasteiger partial charge in [-0.25, -0.2) is 4.39 Å². The molecule has 1 N–H and O–H groups in total. The second-order valence-corrected chi connectivity index (χ2v) is 7.74. The van der Waals surface area contributed by atoms with Crippen LogP contribution in [-0.4, -0.2) is 28.1 Å². The molecular weight excluding hydrogens is 419 g/mol. The van der Waals surface area contributed by atoms with Crippen LogP contribution in [-0.2, 0) is 13.1 Å². The van der Waals surface area contributed by atoms with E-state index in [1.807, 2.05) is 19.2 Å². The van der Waals surface area contributed by atoms with Gasteiger partial charge in [-0.3, -0.25) is 9.69 Å². The van der Waals surface area contributed by atoms with Crippen LogP contribution in [0.1, 0.15) is 20.4 Å². The van der Waals surface area contributed by atoms with Gasteiger partial charge in [0.05, 0.1) is 6.54 Å². The van der Waals surface area contributed by atoms with Crippen molar-refractivity contribution in [2.75, 3.05) is 12.4 Å². The summed E-state index contributed by atoms with van der Waals surface area (Å²) in [7, 11) is 1.99. The first-order valence-electron chi connectivity index (χ1n) is 7.82. The molecule has 1 heterocycles. The number of amides is 1. The van der Waals surface area contributed by atoms with Crippen molar-refractivity contribution >= 4 is 38.9 Å².